The third-order valence-electron chi connectivity index (χ3n) is 11.4. The SMILES string of the molecule is CCC(=O)N(c1ccccc1)C1(C(=O)OCCCC(=O)NCCOCCOCCOCCNC(=O)CCCC[C@@H]2SC[C@@H]3NC(=O)N[C@@H]32)CCN(CCc2ccccc2)CC1. The first-order valence-electron chi connectivity index (χ1n) is 22.1. The Bertz CT molecular complexity index is 1650. The Morgan fingerprint density at radius 3 is 2.03 bits per heavy atom. The lowest BCUT2D eigenvalue weighted by Gasteiger charge is -2.46. The van der Waals surface area contributed by atoms with Crippen LogP contribution >= 0.6 is 11.8 Å². The molecule has 0 saturated carbocycles. The highest BCUT2D eigenvalue weighted by molar-refractivity contribution is 8.00. The smallest absolute Gasteiger partial charge is 0.332 e. The molecule has 61 heavy (non-hydrogen) atoms. The lowest BCUT2D eigenvalue weighted by Crippen LogP contribution is -2.63. The standard InChI is InChI=1S/C45H66N6O9S/c1-2-41(54)51(36-14-7-4-8-15-36)45(20-25-50(26-21-45)24-19-35-12-5-3-6-13-35)43(55)60-27-11-18-40(53)47-23-29-58-31-33-59-32-30-57-28-22-46-39(52)17-10-9-16-38-42-37(34-61-38)48-44(56)49-42/h3-8,12-15,37-38,42H,2,9-11,16-34H2,1H3,(H,46,52)(H,47,53)(H2,48,49,56)/t37-,38-,42-/m0/s1. The Morgan fingerprint density at radius 1 is 0.787 bits per heavy atom. The van der Waals surface area contributed by atoms with E-state index in [9.17, 15) is 24.0 Å². The van der Waals surface area contributed by atoms with Crippen molar-refractivity contribution in [1.29, 1.82) is 0 Å². The number of carbonyl (C=O) groups excluding carboxylic acids is 5. The van der Waals surface area contributed by atoms with E-state index in [1.807, 2.05) is 60.3 Å². The number of benzene rings is 2. The van der Waals surface area contributed by atoms with Gasteiger partial charge >= 0.3 is 12.0 Å². The minimum atomic E-state index is -1.13. The molecule has 0 aromatic heterocycles. The summed E-state index contributed by atoms with van der Waals surface area (Å²) in [4.78, 5) is 67.6. The highest BCUT2D eigenvalue weighted by Crippen LogP contribution is 2.36. The van der Waals surface area contributed by atoms with Gasteiger partial charge in [0.1, 0.15) is 5.54 Å². The Morgan fingerprint density at radius 2 is 1.39 bits per heavy atom. The second kappa shape index (κ2) is 26.3. The number of para-hydroxylation sites is 1. The monoisotopic (exact) mass is 866 g/mol. The minimum absolute atomic E-state index is 0.0186. The number of urea groups is 1. The number of nitrogens with one attached hydrogen (secondary N) is 4. The molecule has 0 aliphatic carbocycles. The Hall–Kier alpha value is -4.22. The van der Waals surface area contributed by atoms with Crippen LogP contribution in [0.2, 0.25) is 0 Å². The average Bonchev–Trinajstić information content (AvgIpc) is 3.84. The third kappa shape index (κ3) is 15.6. The molecule has 0 radical (unpaired) electrons. The van der Waals surface area contributed by atoms with E-state index in [1.165, 1.54) is 5.56 Å². The van der Waals surface area contributed by atoms with Crippen molar-refractivity contribution in [2.24, 2.45) is 0 Å². The number of unbranched alkanes of at least 4 members (excludes halogenated alkanes) is 1. The average molecular weight is 867 g/mol. The third-order valence-corrected chi connectivity index (χ3v) is 12.9. The van der Waals surface area contributed by atoms with Gasteiger partial charge in [0.05, 0.1) is 58.3 Å². The van der Waals surface area contributed by atoms with Gasteiger partial charge in [-0.3, -0.25) is 19.3 Å². The van der Waals surface area contributed by atoms with Gasteiger partial charge in [0.15, 0.2) is 0 Å². The number of nitrogens with zero attached hydrogens (tertiary/aromatic N) is 2. The molecule has 0 unspecified atom stereocenters. The summed E-state index contributed by atoms with van der Waals surface area (Å²) < 4.78 is 22.5. The van der Waals surface area contributed by atoms with Gasteiger partial charge in [-0.1, -0.05) is 61.9 Å². The Balaban J connectivity index is 0.867. The van der Waals surface area contributed by atoms with Gasteiger partial charge < -0.3 is 45.1 Å². The zero-order chi connectivity index (χ0) is 43.1. The number of hydrogen-bond donors (Lipinski definition) is 4. The maximum Gasteiger partial charge on any atom is 0.332 e. The number of rotatable bonds is 28. The highest BCUT2D eigenvalue weighted by atomic mass is 32.2. The van der Waals surface area contributed by atoms with Crippen LogP contribution in [0, 0.1) is 0 Å². The summed E-state index contributed by atoms with van der Waals surface area (Å²) in [6, 6.07) is 20.0. The lowest BCUT2D eigenvalue weighted by atomic mass is 9.84. The summed E-state index contributed by atoms with van der Waals surface area (Å²) in [5, 5.41) is 12.1. The first kappa shape index (κ1) is 47.8. The van der Waals surface area contributed by atoms with Crippen molar-refractivity contribution < 1.29 is 42.9 Å². The zero-order valence-electron chi connectivity index (χ0n) is 35.7. The summed E-state index contributed by atoms with van der Waals surface area (Å²) >= 11 is 1.89. The lowest BCUT2D eigenvalue weighted by molar-refractivity contribution is -0.154. The van der Waals surface area contributed by atoms with Crippen LogP contribution in [0.4, 0.5) is 10.5 Å². The molecule has 16 heteroatoms. The van der Waals surface area contributed by atoms with Crippen LogP contribution in [0.5, 0.6) is 0 Å². The number of amides is 5. The summed E-state index contributed by atoms with van der Waals surface area (Å²) in [6.45, 7) is 7.17. The molecule has 3 saturated heterocycles. The van der Waals surface area contributed by atoms with Crippen LogP contribution in [-0.4, -0.2) is 142 Å². The molecule has 2 aromatic carbocycles. The molecule has 5 rings (SSSR count). The number of thioether (sulfide) groups is 1. The predicted molar refractivity (Wildman–Crippen MR) is 235 cm³/mol. The van der Waals surface area contributed by atoms with Crippen LogP contribution in [0.1, 0.15) is 70.3 Å². The second-order valence-corrected chi connectivity index (χ2v) is 16.9. The summed E-state index contributed by atoms with van der Waals surface area (Å²) in [6.07, 6.45) is 5.86. The van der Waals surface area contributed by atoms with E-state index in [0.717, 1.165) is 38.0 Å². The van der Waals surface area contributed by atoms with Gasteiger partial charge in [-0.2, -0.15) is 11.8 Å². The summed E-state index contributed by atoms with van der Waals surface area (Å²) in [7, 11) is 0. The number of hydrogen-bond acceptors (Lipinski definition) is 11. The first-order chi connectivity index (χ1) is 29.8. The van der Waals surface area contributed by atoms with Crippen molar-refractivity contribution in [3.63, 3.8) is 0 Å². The molecule has 3 heterocycles. The van der Waals surface area contributed by atoms with Gasteiger partial charge in [0.2, 0.25) is 17.7 Å². The second-order valence-electron chi connectivity index (χ2n) is 15.7. The van der Waals surface area contributed by atoms with Crippen molar-refractivity contribution in [3.05, 3.63) is 66.2 Å². The zero-order valence-corrected chi connectivity index (χ0v) is 36.6. The molecule has 3 atom stereocenters. The van der Waals surface area contributed by atoms with E-state index >= 15 is 0 Å². The fourth-order valence-electron chi connectivity index (χ4n) is 8.01. The predicted octanol–water partition coefficient (Wildman–Crippen LogP) is 3.84. The Labute approximate surface area is 365 Å². The molecular formula is C45H66N6O9S. The van der Waals surface area contributed by atoms with Crippen molar-refractivity contribution in [2.45, 2.75) is 94.0 Å². The minimum Gasteiger partial charge on any atom is -0.464 e. The van der Waals surface area contributed by atoms with Gasteiger partial charge in [0.25, 0.3) is 0 Å². The van der Waals surface area contributed by atoms with E-state index < -0.39 is 11.5 Å². The number of fused-ring (bicyclic) bond motifs is 1. The number of ether oxygens (including phenoxy) is 4. The largest absolute Gasteiger partial charge is 0.464 e. The van der Waals surface area contributed by atoms with Crippen molar-refractivity contribution in [2.75, 3.05) is 89.6 Å². The van der Waals surface area contributed by atoms with Crippen molar-refractivity contribution >= 4 is 47.2 Å². The number of esters is 1. The van der Waals surface area contributed by atoms with E-state index in [4.69, 9.17) is 18.9 Å². The molecule has 5 amide bonds. The maximum absolute atomic E-state index is 14.0. The van der Waals surface area contributed by atoms with Crippen LogP contribution in [0.3, 0.4) is 0 Å². The van der Waals surface area contributed by atoms with Crippen LogP contribution in [0.15, 0.2) is 60.7 Å². The fourth-order valence-corrected chi connectivity index (χ4v) is 9.56. The Kier molecular flexibility index (Phi) is 20.6. The van der Waals surface area contributed by atoms with E-state index in [0.29, 0.717) is 102 Å². The van der Waals surface area contributed by atoms with Gasteiger partial charge in [0, 0.05) is 68.7 Å². The van der Waals surface area contributed by atoms with Gasteiger partial charge in [-0.15, -0.1) is 0 Å². The number of piperidine rings is 1. The van der Waals surface area contributed by atoms with E-state index in [-0.39, 0.29) is 55.3 Å². The van der Waals surface area contributed by atoms with Crippen LogP contribution in [-0.2, 0) is 44.5 Å². The van der Waals surface area contributed by atoms with Crippen LogP contribution < -0.4 is 26.2 Å². The number of carbonyl (C=O) groups is 5. The first-order valence-corrected chi connectivity index (χ1v) is 23.1. The van der Waals surface area contributed by atoms with Crippen molar-refractivity contribution in [1.82, 2.24) is 26.2 Å². The number of likely N-dealkylation sites (tertiary alicyclic amines) is 1. The van der Waals surface area contributed by atoms with Gasteiger partial charge in [-0.25, -0.2) is 9.59 Å². The van der Waals surface area contributed by atoms with Crippen LogP contribution in [0.25, 0.3) is 0 Å². The molecule has 3 aliphatic rings. The van der Waals surface area contributed by atoms with Gasteiger partial charge in [-0.05, 0) is 56.2 Å². The normalized spacial score (nSPS) is 19.4. The fraction of sp³-hybridized carbons (Fsp3) is 0.622. The molecule has 3 fully saturated rings. The molecular weight excluding hydrogens is 801 g/mol. The van der Waals surface area contributed by atoms with Crippen molar-refractivity contribution in [3.8, 4) is 0 Å². The quantitative estimate of drug-likeness (QED) is 0.0556. The topological polar surface area (TPSA) is 177 Å². The van der Waals surface area contributed by atoms with E-state index in [2.05, 4.69) is 38.3 Å². The molecule has 336 valence electrons. The molecule has 15 nitrogen and oxygen atoms in total. The molecule has 0 spiro atoms. The number of anilines is 1. The molecule has 4 N–H and O–H groups in total. The maximum atomic E-state index is 14.0. The summed E-state index contributed by atoms with van der Waals surface area (Å²) in [5.41, 5.74) is 0.806. The van der Waals surface area contributed by atoms with E-state index in [1.54, 1.807) is 11.8 Å². The molecule has 3 aliphatic heterocycles. The molecule has 0 bridgehead atoms. The molecule has 2 aromatic rings. The summed E-state index contributed by atoms with van der Waals surface area (Å²) in [5.74, 6) is 0.246. The highest BCUT2D eigenvalue weighted by Gasteiger charge is 2.50.